The Labute approximate surface area is 135 Å². The van der Waals surface area contributed by atoms with Crippen molar-refractivity contribution in [2.75, 3.05) is 31.6 Å². The smallest absolute Gasteiger partial charge is 0.262 e. The highest BCUT2D eigenvalue weighted by Gasteiger charge is 2.29. The molecule has 1 aliphatic rings. The third kappa shape index (κ3) is 3.56. The van der Waals surface area contributed by atoms with Gasteiger partial charge in [-0.2, -0.15) is 0 Å². The first kappa shape index (κ1) is 15.2. The zero-order chi connectivity index (χ0) is 16.1. The molecule has 2 aromatic rings. The van der Waals surface area contributed by atoms with Crippen LogP contribution >= 0.6 is 0 Å². The molecule has 5 nitrogen and oxygen atoms in total. The van der Waals surface area contributed by atoms with E-state index in [4.69, 9.17) is 9.47 Å². The number of hydrogen-bond donors (Lipinski definition) is 1. The summed E-state index contributed by atoms with van der Waals surface area (Å²) in [5, 5.41) is 2.65. The van der Waals surface area contributed by atoms with E-state index < -0.39 is 6.10 Å². The van der Waals surface area contributed by atoms with Gasteiger partial charge in [-0.15, -0.1) is 0 Å². The summed E-state index contributed by atoms with van der Waals surface area (Å²) in [6, 6.07) is 17.5. The van der Waals surface area contributed by atoms with Crippen LogP contribution in [0.15, 0.2) is 54.6 Å². The third-order valence-electron chi connectivity index (χ3n) is 3.77. The van der Waals surface area contributed by atoms with Gasteiger partial charge in [-0.25, -0.2) is 0 Å². The highest BCUT2D eigenvalue weighted by atomic mass is 16.5. The number of fused-ring (bicyclic) bond motifs is 1. The summed E-state index contributed by atoms with van der Waals surface area (Å²) in [4.78, 5) is 14.1. The number of amides is 1. The molecule has 0 fully saturated rings. The van der Waals surface area contributed by atoms with Crippen LogP contribution < -0.4 is 19.7 Å². The summed E-state index contributed by atoms with van der Waals surface area (Å²) < 4.78 is 11.5. The lowest BCUT2D eigenvalue weighted by atomic mass is 10.2. The Kier molecular flexibility index (Phi) is 4.66. The average molecular weight is 312 g/mol. The minimum Gasteiger partial charge on any atom is -0.492 e. The van der Waals surface area contributed by atoms with E-state index in [1.807, 2.05) is 54.6 Å². The van der Waals surface area contributed by atoms with Crippen molar-refractivity contribution in [3.63, 3.8) is 0 Å². The zero-order valence-electron chi connectivity index (χ0n) is 13.1. The monoisotopic (exact) mass is 312 g/mol. The molecular weight excluding hydrogens is 292 g/mol. The second-order valence-corrected chi connectivity index (χ2v) is 5.30. The van der Waals surface area contributed by atoms with Gasteiger partial charge >= 0.3 is 0 Å². The molecule has 1 N–H and O–H groups in total. The van der Waals surface area contributed by atoms with Crippen molar-refractivity contribution >= 4 is 11.6 Å². The fraction of sp³-hybridized carbons (Fsp3) is 0.278. The predicted octanol–water partition coefficient (Wildman–Crippen LogP) is 2.08. The van der Waals surface area contributed by atoms with Crippen LogP contribution in [0, 0.1) is 0 Å². The summed E-state index contributed by atoms with van der Waals surface area (Å²) in [6.07, 6.45) is -0.508. The Morgan fingerprint density at radius 3 is 2.74 bits per heavy atom. The first-order valence-electron chi connectivity index (χ1n) is 7.68. The van der Waals surface area contributed by atoms with Crippen molar-refractivity contribution in [1.29, 1.82) is 0 Å². The van der Waals surface area contributed by atoms with Crippen molar-refractivity contribution < 1.29 is 14.3 Å². The Morgan fingerprint density at radius 1 is 1.22 bits per heavy atom. The first-order chi connectivity index (χ1) is 11.3. The van der Waals surface area contributed by atoms with Crippen LogP contribution in [0.25, 0.3) is 0 Å². The van der Waals surface area contributed by atoms with E-state index >= 15 is 0 Å². The maximum absolute atomic E-state index is 11.9. The molecule has 0 bridgehead atoms. The van der Waals surface area contributed by atoms with Crippen molar-refractivity contribution in [2.45, 2.75) is 6.10 Å². The molecule has 23 heavy (non-hydrogen) atoms. The number of rotatable bonds is 5. The number of likely N-dealkylation sites (N-methyl/N-ethyl adjacent to an activating group) is 1. The molecule has 1 aliphatic heterocycles. The molecule has 0 saturated carbocycles. The Hall–Kier alpha value is -2.69. The number of nitrogens with one attached hydrogen (secondary N) is 1. The Bertz CT molecular complexity index is 660. The van der Waals surface area contributed by atoms with Crippen LogP contribution in [0.5, 0.6) is 11.5 Å². The average Bonchev–Trinajstić information content (AvgIpc) is 2.61. The van der Waals surface area contributed by atoms with Crippen LogP contribution in [0.1, 0.15) is 0 Å². The van der Waals surface area contributed by atoms with E-state index in [1.54, 1.807) is 7.05 Å². The molecule has 5 heteroatoms. The van der Waals surface area contributed by atoms with Gasteiger partial charge in [-0.05, 0) is 24.3 Å². The van der Waals surface area contributed by atoms with Crippen LogP contribution in [0.2, 0.25) is 0 Å². The standard InChI is InChI=1S/C18H20N2O3/c1-19-18(21)17-13-20(15-9-5-6-10-16(15)23-17)11-12-22-14-7-3-2-4-8-14/h2-10,17H,11-13H2,1H3,(H,19,21)/t17-/m0/s1. The maximum Gasteiger partial charge on any atom is 0.262 e. The SMILES string of the molecule is CNC(=O)[C@@H]1CN(CCOc2ccccc2)c2ccccc2O1. The van der Waals surface area contributed by atoms with Gasteiger partial charge in [0.15, 0.2) is 6.10 Å². The van der Waals surface area contributed by atoms with Crippen LogP contribution in [-0.4, -0.2) is 38.8 Å². The van der Waals surface area contributed by atoms with Crippen molar-refractivity contribution in [3.8, 4) is 11.5 Å². The van der Waals surface area contributed by atoms with Gasteiger partial charge in [0.2, 0.25) is 0 Å². The largest absolute Gasteiger partial charge is 0.492 e. The number of carbonyl (C=O) groups is 1. The highest BCUT2D eigenvalue weighted by molar-refractivity contribution is 5.83. The van der Waals surface area contributed by atoms with Crippen molar-refractivity contribution in [1.82, 2.24) is 5.32 Å². The van der Waals surface area contributed by atoms with Crippen LogP contribution in [0.4, 0.5) is 5.69 Å². The van der Waals surface area contributed by atoms with Crippen LogP contribution in [0.3, 0.4) is 0 Å². The van der Waals surface area contributed by atoms with Crippen LogP contribution in [-0.2, 0) is 4.79 Å². The summed E-state index contributed by atoms with van der Waals surface area (Å²) in [7, 11) is 1.62. The minimum absolute atomic E-state index is 0.117. The van der Waals surface area contributed by atoms with E-state index in [0.717, 1.165) is 17.2 Å². The molecule has 0 spiro atoms. The second kappa shape index (κ2) is 7.05. The Morgan fingerprint density at radius 2 is 1.96 bits per heavy atom. The van der Waals surface area contributed by atoms with Gasteiger partial charge in [-0.3, -0.25) is 4.79 Å². The summed E-state index contributed by atoms with van der Waals surface area (Å²) in [6.45, 7) is 1.73. The minimum atomic E-state index is -0.508. The number of anilines is 1. The van der Waals surface area contributed by atoms with Crippen molar-refractivity contribution in [3.05, 3.63) is 54.6 Å². The molecule has 1 heterocycles. The van der Waals surface area contributed by atoms with Gasteiger partial charge in [0.25, 0.3) is 5.91 Å². The first-order valence-corrected chi connectivity index (χ1v) is 7.68. The molecule has 3 rings (SSSR count). The lowest BCUT2D eigenvalue weighted by Crippen LogP contribution is -2.49. The third-order valence-corrected chi connectivity index (χ3v) is 3.77. The topological polar surface area (TPSA) is 50.8 Å². The normalized spacial score (nSPS) is 16.2. The number of ether oxygens (including phenoxy) is 2. The molecular formula is C18H20N2O3. The number of nitrogens with zero attached hydrogens (tertiary/aromatic N) is 1. The van der Waals surface area contributed by atoms with Gasteiger partial charge in [-0.1, -0.05) is 30.3 Å². The fourth-order valence-corrected chi connectivity index (χ4v) is 2.61. The highest BCUT2D eigenvalue weighted by Crippen LogP contribution is 2.32. The molecule has 0 saturated heterocycles. The quantitative estimate of drug-likeness (QED) is 0.918. The predicted molar refractivity (Wildman–Crippen MR) is 89.1 cm³/mol. The molecule has 120 valence electrons. The van der Waals surface area contributed by atoms with E-state index in [0.29, 0.717) is 19.7 Å². The molecule has 0 aliphatic carbocycles. The zero-order valence-corrected chi connectivity index (χ0v) is 13.1. The maximum atomic E-state index is 11.9. The number of carbonyl (C=O) groups excluding carboxylic acids is 1. The molecule has 2 aromatic carbocycles. The van der Waals surface area contributed by atoms with E-state index in [-0.39, 0.29) is 5.91 Å². The summed E-state index contributed by atoms with van der Waals surface area (Å²) in [5.41, 5.74) is 0.990. The molecule has 1 amide bonds. The molecule has 1 atom stereocenters. The second-order valence-electron chi connectivity index (χ2n) is 5.30. The molecule has 0 radical (unpaired) electrons. The van der Waals surface area contributed by atoms with Crippen molar-refractivity contribution in [2.24, 2.45) is 0 Å². The van der Waals surface area contributed by atoms with E-state index in [9.17, 15) is 4.79 Å². The number of hydrogen-bond acceptors (Lipinski definition) is 4. The van der Waals surface area contributed by atoms with Gasteiger partial charge in [0.1, 0.15) is 18.1 Å². The van der Waals surface area contributed by atoms with E-state index in [2.05, 4.69) is 10.2 Å². The lowest BCUT2D eigenvalue weighted by Gasteiger charge is -2.35. The van der Waals surface area contributed by atoms with Gasteiger partial charge in [0, 0.05) is 7.05 Å². The summed E-state index contributed by atoms with van der Waals surface area (Å²) >= 11 is 0. The molecule has 0 unspecified atom stereocenters. The summed E-state index contributed by atoms with van der Waals surface area (Å²) in [5.74, 6) is 1.46. The fourth-order valence-electron chi connectivity index (χ4n) is 2.61. The van der Waals surface area contributed by atoms with Gasteiger partial charge < -0.3 is 19.7 Å². The number of para-hydroxylation sites is 3. The van der Waals surface area contributed by atoms with Gasteiger partial charge in [0.05, 0.1) is 18.8 Å². The lowest BCUT2D eigenvalue weighted by molar-refractivity contribution is -0.127. The number of benzene rings is 2. The Balaban J connectivity index is 1.68. The van der Waals surface area contributed by atoms with E-state index in [1.165, 1.54) is 0 Å². The molecule has 0 aromatic heterocycles.